The van der Waals surface area contributed by atoms with E-state index >= 15 is 0 Å². The minimum atomic E-state index is -0.453. The van der Waals surface area contributed by atoms with E-state index in [2.05, 4.69) is 47.5 Å². The molecule has 5 nitrogen and oxygen atoms in total. The van der Waals surface area contributed by atoms with Gasteiger partial charge in [-0.15, -0.1) is 0 Å². The Morgan fingerprint density at radius 1 is 1.22 bits per heavy atom. The lowest BCUT2D eigenvalue weighted by Crippen LogP contribution is -2.65. The number of carbonyl (C=O) groups excluding carboxylic acids is 2. The molecule has 0 aliphatic carbocycles. The molecule has 2 fully saturated rings. The van der Waals surface area contributed by atoms with E-state index in [9.17, 15) is 9.59 Å². The molecule has 23 heavy (non-hydrogen) atoms. The highest BCUT2D eigenvalue weighted by molar-refractivity contribution is 6.35. The number of benzene rings is 1. The van der Waals surface area contributed by atoms with Crippen LogP contribution < -0.4 is 5.32 Å². The van der Waals surface area contributed by atoms with Gasteiger partial charge in [-0.1, -0.05) is 37.3 Å². The van der Waals surface area contributed by atoms with Crippen molar-refractivity contribution in [3.63, 3.8) is 0 Å². The lowest BCUT2D eigenvalue weighted by Gasteiger charge is -2.44. The van der Waals surface area contributed by atoms with Gasteiger partial charge in [-0.3, -0.25) is 14.5 Å². The summed E-state index contributed by atoms with van der Waals surface area (Å²) in [6.07, 6.45) is 2.28. The van der Waals surface area contributed by atoms with Crippen molar-refractivity contribution in [1.82, 2.24) is 15.1 Å². The number of rotatable bonds is 5. The third kappa shape index (κ3) is 3.91. The van der Waals surface area contributed by atoms with Crippen molar-refractivity contribution in [1.29, 1.82) is 0 Å². The van der Waals surface area contributed by atoms with Crippen molar-refractivity contribution >= 4 is 11.8 Å². The number of carbonyl (C=O) groups is 2. The van der Waals surface area contributed by atoms with E-state index in [0.29, 0.717) is 19.0 Å². The van der Waals surface area contributed by atoms with Gasteiger partial charge in [0.1, 0.15) is 0 Å². The highest BCUT2D eigenvalue weighted by Crippen LogP contribution is 2.16. The first kappa shape index (κ1) is 16.0. The summed E-state index contributed by atoms with van der Waals surface area (Å²) in [7, 11) is 0. The van der Waals surface area contributed by atoms with Crippen LogP contribution in [0.15, 0.2) is 30.3 Å². The molecule has 2 heterocycles. The van der Waals surface area contributed by atoms with E-state index in [1.807, 2.05) is 0 Å². The van der Waals surface area contributed by atoms with Gasteiger partial charge in [0.05, 0.1) is 6.04 Å². The Morgan fingerprint density at radius 2 is 2.00 bits per heavy atom. The highest BCUT2D eigenvalue weighted by atomic mass is 16.2. The van der Waals surface area contributed by atoms with E-state index < -0.39 is 5.91 Å². The molecule has 3 rings (SSSR count). The Labute approximate surface area is 137 Å². The first-order valence-corrected chi connectivity index (χ1v) is 8.48. The van der Waals surface area contributed by atoms with Crippen LogP contribution in [0.2, 0.25) is 0 Å². The summed E-state index contributed by atoms with van der Waals surface area (Å²) >= 11 is 0. The van der Waals surface area contributed by atoms with Crippen LogP contribution in [0.5, 0.6) is 0 Å². The second kappa shape index (κ2) is 7.13. The number of fused-ring (bicyclic) bond motifs is 1. The predicted octanol–water partition coefficient (Wildman–Crippen LogP) is 0.898. The van der Waals surface area contributed by atoms with Gasteiger partial charge in [0, 0.05) is 32.7 Å². The molecular weight excluding hydrogens is 290 g/mol. The molecule has 2 saturated heterocycles. The van der Waals surface area contributed by atoms with Gasteiger partial charge >= 0.3 is 11.8 Å². The molecule has 0 unspecified atom stereocenters. The predicted molar refractivity (Wildman–Crippen MR) is 88.9 cm³/mol. The van der Waals surface area contributed by atoms with Crippen molar-refractivity contribution in [2.45, 2.75) is 25.8 Å². The Hall–Kier alpha value is -1.88. The van der Waals surface area contributed by atoms with Crippen molar-refractivity contribution in [2.75, 3.05) is 32.7 Å². The number of aryl methyl sites for hydroxylation is 1. The normalized spacial score (nSPS) is 23.3. The molecule has 2 aliphatic heterocycles. The SMILES string of the molecule is C[C@H](CCc1ccccc1)CN1CCN2C(=O)C(=O)NC[C@H]2C1. The van der Waals surface area contributed by atoms with Gasteiger partial charge in [-0.25, -0.2) is 0 Å². The van der Waals surface area contributed by atoms with Crippen molar-refractivity contribution < 1.29 is 9.59 Å². The third-order valence-corrected chi connectivity index (χ3v) is 4.86. The average Bonchev–Trinajstić information content (AvgIpc) is 2.57. The van der Waals surface area contributed by atoms with Crippen molar-refractivity contribution in [2.24, 2.45) is 5.92 Å². The maximum atomic E-state index is 11.8. The van der Waals surface area contributed by atoms with Crippen LogP contribution in [0.3, 0.4) is 0 Å². The molecule has 1 N–H and O–H groups in total. The second-order valence-electron chi connectivity index (χ2n) is 6.75. The quantitative estimate of drug-likeness (QED) is 0.822. The van der Waals surface area contributed by atoms with Crippen molar-refractivity contribution in [3.8, 4) is 0 Å². The average molecular weight is 315 g/mol. The third-order valence-electron chi connectivity index (χ3n) is 4.86. The van der Waals surface area contributed by atoms with E-state index in [4.69, 9.17) is 0 Å². The largest absolute Gasteiger partial charge is 0.346 e. The van der Waals surface area contributed by atoms with Gasteiger partial charge < -0.3 is 10.2 Å². The van der Waals surface area contributed by atoms with Gasteiger partial charge in [0.15, 0.2) is 0 Å². The van der Waals surface area contributed by atoms with Crippen molar-refractivity contribution in [3.05, 3.63) is 35.9 Å². The fourth-order valence-electron chi connectivity index (χ4n) is 3.53. The summed E-state index contributed by atoms with van der Waals surface area (Å²) in [4.78, 5) is 27.4. The maximum Gasteiger partial charge on any atom is 0.312 e. The number of hydrogen-bond donors (Lipinski definition) is 1. The summed E-state index contributed by atoms with van der Waals surface area (Å²) in [5, 5.41) is 2.69. The molecule has 2 aliphatic rings. The van der Waals surface area contributed by atoms with Crippen LogP contribution in [-0.4, -0.2) is 60.4 Å². The van der Waals surface area contributed by atoms with E-state index in [1.54, 1.807) is 4.90 Å². The number of nitrogens with one attached hydrogen (secondary N) is 1. The number of amides is 2. The summed E-state index contributed by atoms with van der Waals surface area (Å²) in [6.45, 7) is 6.33. The molecule has 1 aromatic carbocycles. The topological polar surface area (TPSA) is 52.7 Å². The minimum absolute atomic E-state index is 0.135. The number of hydrogen-bond acceptors (Lipinski definition) is 3. The van der Waals surface area contributed by atoms with Crippen LogP contribution >= 0.6 is 0 Å². The van der Waals surface area contributed by atoms with Crippen LogP contribution in [0, 0.1) is 5.92 Å². The zero-order valence-corrected chi connectivity index (χ0v) is 13.7. The first-order chi connectivity index (χ1) is 11.1. The maximum absolute atomic E-state index is 11.8. The lowest BCUT2D eigenvalue weighted by atomic mass is 9.99. The molecule has 0 bridgehead atoms. The molecule has 2 atom stereocenters. The Kier molecular flexibility index (Phi) is 4.96. The Balaban J connectivity index is 1.46. The fourth-order valence-corrected chi connectivity index (χ4v) is 3.53. The second-order valence-corrected chi connectivity index (χ2v) is 6.75. The molecule has 124 valence electrons. The Bertz CT molecular complexity index is 561. The fraction of sp³-hybridized carbons (Fsp3) is 0.556. The summed E-state index contributed by atoms with van der Waals surface area (Å²) in [5.74, 6) is -0.195. The summed E-state index contributed by atoms with van der Waals surface area (Å²) in [5.41, 5.74) is 1.39. The lowest BCUT2D eigenvalue weighted by molar-refractivity contribution is -0.152. The standard InChI is InChI=1S/C18H25N3O2/c1-14(7-8-15-5-3-2-4-6-15)12-20-9-10-21-16(13-20)11-19-17(22)18(21)23/h2-6,14,16H,7-13H2,1H3,(H,19,22)/t14-,16+/m1/s1. The van der Waals surface area contributed by atoms with Crippen LogP contribution in [-0.2, 0) is 16.0 Å². The zero-order chi connectivity index (χ0) is 16.2. The number of nitrogens with zero attached hydrogens (tertiary/aromatic N) is 2. The van der Waals surface area contributed by atoms with Gasteiger partial charge in [-0.2, -0.15) is 0 Å². The van der Waals surface area contributed by atoms with E-state index in [1.165, 1.54) is 12.0 Å². The number of piperazine rings is 2. The molecule has 0 aromatic heterocycles. The Morgan fingerprint density at radius 3 is 2.78 bits per heavy atom. The highest BCUT2D eigenvalue weighted by Gasteiger charge is 2.37. The molecule has 5 heteroatoms. The van der Waals surface area contributed by atoms with Gasteiger partial charge in [0.2, 0.25) is 0 Å². The molecule has 0 spiro atoms. The first-order valence-electron chi connectivity index (χ1n) is 8.48. The van der Waals surface area contributed by atoms with Crippen LogP contribution in [0.4, 0.5) is 0 Å². The summed E-state index contributed by atoms with van der Waals surface area (Å²) < 4.78 is 0. The van der Waals surface area contributed by atoms with Crippen LogP contribution in [0.25, 0.3) is 0 Å². The molecule has 0 radical (unpaired) electrons. The minimum Gasteiger partial charge on any atom is -0.346 e. The van der Waals surface area contributed by atoms with Gasteiger partial charge in [-0.05, 0) is 24.3 Å². The molecular formula is C18H25N3O2. The van der Waals surface area contributed by atoms with Gasteiger partial charge in [0.25, 0.3) is 0 Å². The van der Waals surface area contributed by atoms with Crippen LogP contribution in [0.1, 0.15) is 18.9 Å². The monoisotopic (exact) mass is 315 g/mol. The van der Waals surface area contributed by atoms with E-state index in [-0.39, 0.29) is 11.9 Å². The molecule has 1 aromatic rings. The summed E-state index contributed by atoms with van der Waals surface area (Å²) in [6, 6.07) is 10.7. The zero-order valence-electron chi connectivity index (χ0n) is 13.7. The molecule has 2 amide bonds. The van der Waals surface area contributed by atoms with E-state index in [0.717, 1.165) is 26.1 Å². The smallest absolute Gasteiger partial charge is 0.312 e. The molecule has 0 saturated carbocycles.